The molecule has 2 N–H and O–H groups in total. The van der Waals surface area contributed by atoms with E-state index in [1.807, 2.05) is 0 Å². The third-order valence-corrected chi connectivity index (χ3v) is 4.96. The molecule has 1 aliphatic rings. The highest BCUT2D eigenvalue weighted by Gasteiger charge is 2.32. The fourth-order valence-corrected chi connectivity index (χ4v) is 3.60. The van der Waals surface area contributed by atoms with Crippen molar-refractivity contribution in [2.75, 3.05) is 0 Å². The van der Waals surface area contributed by atoms with Crippen LogP contribution < -0.4 is 0 Å². The first-order valence-electron chi connectivity index (χ1n) is 7.61. The Morgan fingerprint density at radius 3 is 2.44 bits per heavy atom. The third-order valence-electron chi connectivity index (χ3n) is 4.22. The van der Waals surface area contributed by atoms with Gasteiger partial charge < -0.3 is 10.2 Å². The van der Waals surface area contributed by atoms with Crippen LogP contribution in [0, 0.1) is 5.92 Å². The van der Waals surface area contributed by atoms with Crippen LogP contribution in [-0.2, 0) is 19.4 Å². The first kappa shape index (κ1) is 17.8. The van der Waals surface area contributed by atoms with Gasteiger partial charge in [-0.15, -0.1) is 0 Å². The summed E-state index contributed by atoms with van der Waals surface area (Å²) in [5.41, 5.74) is -1.94. The number of aliphatic hydroxyl groups is 1. The monoisotopic (exact) mass is 368 g/mol. The number of benzene rings is 2. The molecule has 0 saturated heterocycles. The standard InChI is InChI=1S/C18H15F3O3S/c19-18(20,21)25-14-3-1-10(2-4-14)5-12-6-11-7-13(9-22)16(23)8-15(11)17(12)24/h1-4,7-8,12,22-23H,5-6,9H2. The van der Waals surface area contributed by atoms with Gasteiger partial charge in [0.25, 0.3) is 0 Å². The summed E-state index contributed by atoms with van der Waals surface area (Å²) in [5, 5.41) is 19.0. The number of phenols is 1. The third kappa shape index (κ3) is 3.99. The van der Waals surface area contributed by atoms with E-state index < -0.39 is 5.51 Å². The normalized spacial score (nSPS) is 17.0. The molecule has 0 radical (unpaired) electrons. The van der Waals surface area contributed by atoms with Crippen LogP contribution in [0.15, 0.2) is 41.3 Å². The number of hydrogen-bond donors (Lipinski definition) is 2. The minimum atomic E-state index is -4.32. The quantitative estimate of drug-likeness (QED) is 0.798. The Bertz CT molecular complexity index is 800. The molecule has 2 aromatic rings. The lowest BCUT2D eigenvalue weighted by atomic mass is 9.96. The summed E-state index contributed by atoms with van der Waals surface area (Å²) >= 11 is -0.170. The molecule has 2 aromatic carbocycles. The maximum atomic E-state index is 12.5. The van der Waals surface area contributed by atoms with E-state index in [4.69, 9.17) is 0 Å². The number of carbonyl (C=O) groups is 1. The summed E-state index contributed by atoms with van der Waals surface area (Å²) in [6.07, 6.45) is 0.903. The van der Waals surface area contributed by atoms with E-state index in [-0.39, 0.29) is 40.7 Å². The summed E-state index contributed by atoms with van der Waals surface area (Å²) in [4.78, 5) is 12.6. The van der Waals surface area contributed by atoms with Crippen molar-refractivity contribution in [3.05, 3.63) is 58.7 Å². The number of alkyl halides is 3. The Balaban J connectivity index is 1.73. The van der Waals surface area contributed by atoms with Crippen molar-refractivity contribution in [1.29, 1.82) is 0 Å². The van der Waals surface area contributed by atoms with Gasteiger partial charge in [0.05, 0.1) is 6.61 Å². The molecule has 0 spiro atoms. The highest BCUT2D eigenvalue weighted by molar-refractivity contribution is 8.00. The lowest BCUT2D eigenvalue weighted by Gasteiger charge is -2.09. The minimum absolute atomic E-state index is 0.0940. The van der Waals surface area contributed by atoms with E-state index in [2.05, 4.69) is 0 Å². The molecular formula is C18H15F3O3S. The Kier molecular flexibility index (Phi) is 4.79. The summed E-state index contributed by atoms with van der Waals surface area (Å²) in [5.74, 6) is -0.517. The second kappa shape index (κ2) is 6.72. The number of fused-ring (bicyclic) bond motifs is 1. The van der Waals surface area contributed by atoms with Crippen molar-refractivity contribution < 1.29 is 28.2 Å². The molecule has 1 unspecified atom stereocenters. The Hall–Kier alpha value is -1.99. The maximum Gasteiger partial charge on any atom is 0.446 e. The topological polar surface area (TPSA) is 57.5 Å². The number of aromatic hydroxyl groups is 1. The largest absolute Gasteiger partial charge is 0.508 e. The Morgan fingerprint density at radius 2 is 1.84 bits per heavy atom. The SMILES string of the molecule is O=C1c2cc(O)c(CO)cc2CC1Cc1ccc(SC(F)(F)F)cc1. The van der Waals surface area contributed by atoms with Crippen LogP contribution >= 0.6 is 11.8 Å². The second-order valence-electron chi connectivity index (χ2n) is 5.96. The van der Waals surface area contributed by atoms with Crippen LogP contribution in [-0.4, -0.2) is 21.5 Å². The smallest absolute Gasteiger partial charge is 0.446 e. The van der Waals surface area contributed by atoms with E-state index >= 15 is 0 Å². The number of halogens is 3. The molecular weight excluding hydrogens is 353 g/mol. The number of hydrogen-bond acceptors (Lipinski definition) is 4. The van der Waals surface area contributed by atoms with Crippen molar-refractivity contribution >= 4 is 17.5 Å². The van der Waals surface area contributed by atoms with Gasteiger partial charge in [0, 0.05) is 21.9 Å². The van der Waals surface area contributed by atoms with E-state index in [1.165, 1.54) is 18.2 Å². The van der Waals surface area contributed by atoms with Gasteiger partial charge in [0.2, 0.25) is 0 Å². The summed E-state index contributed by atoms with van der Waals surface area (Å²) in [6, 6.07) is 9.01. The fraction of sp³-hybridized carbons (Fsp3) is 0.278. The zero-order valence-corrected chi connectivity index (χ0v) is 13.8. The molecule has 0 aromatic heterocycles. The van der Waals surface area contributed by atoms with Crippen molar-refractivity contribution in [2.24, 2.45) is 5.92 Å². The Morgan fingerprint density at radius 1 is 1.16 bits per heavy atom. The van der Waals surface area contributed by atoms with Crippen molar-refractivity contribution in [3.8, 4) is 5.75 Å². The zero-order valence-electron chi connectivity index (χ0n) is 13.0. The molecule has 25 heavy (non-hydrogen) atoms. The summed E-state index contributed by atoms with van der Waals surface area (Å²) in [7, 11) is 0. The van der Waals surface area contributed by atoms with Gasteiger partial charge in [-0.3, -0.25) is 4.79 Å². The van der Waals surface area contributed by atoms with Gasteiger partial charge in [-0.05, 0) is 60.0 Å². The molecule has 7 heteroatoms. The van der Waals surface area contributed by atoms with Crippen molar-refractivity contribution in [1.82, 2.24) is 0 Å². The first-order valence-corrected chi connectivity index (χ1v) is 8.43. The maximum absolute atomic E-state index is 12.5. The lowest BCUT2D eigenvalue weighted by molar-refractivity contribution is -0.0328. The van der Waals surface area contributed by atoms with E-state index in [1.54, 1.807) is 18.2 Å². The van der Waals surface area contributed by atoms with Crippen LogP contribution in [0.5, 0.6) is 5.75 Å². The van der Waals surface area contributed by atoms with Gasteiger partial charge >= 0.3 is 5.51 Å². The second-order valence-corrected chi connectivity index (χ2v) is 7.10. The van der Waals surface area contributed by atoms with Crippen LogP contribution in [0.25, 0.3) is 0 Å². The molecule has 0 heterocycles. The predicted octanol–water partition coefficient (Wildman–Crippen LogP) is 4.09. The van der Waals surface area contributed by atoms with Crippen LogP contribution in [0.3, 0.4) is 0 Å². The molecule has 0 amide bonds. The Labute approximate surface area is 146 Å². The van der Waals surface area contributed by atoms with Crippen molar-refractivity contribution in [2.45, 2.75) is 29.9 Å². The number of thioether (sulfide) groups is 1. The van der Waals surface area contributed by atoms with Crippen LogP contribution in [0.4, 0.5) is 13.2 Å². The average molecular weight is 368 g/mol. The molecule has 1 aliphatic carbocycles. The highest BCUT2D eigenvalue weighted by atomic mass is 32.2. The van der Waals surface area contributed by atoms with Gasteiger partial charge in [0.1, 0.15) is 5.75 Å². The summed E-state index contributed by atoms with van der Waals surface area (Å²) < 4.78 is 37.0. The first-order chi connectivity index (χ1) is 11.8. The van der Waals surface area contributed by atoms with Gasteiger partial charge in [-0.1, -0.05) is 12.1 Å². The van der Waals surface area contributed by atoms with Gasteiger partial charge in [-0.25, -0.2) is 0 Å². The van der Waals surface area contributed by atoms with Gasteiger partial charge in [-0.2, -0.15) is 13.2 Å². The molecule has 0 saturated carbocycles. The molecule has 0 fully saturated rings. The summed E-state index contributed by atoms with van der Waals surface area (Å²) in [6.45, 7) is -0.309. The molecule has 3 nitrogen and oxygen atoms in total. The molecule has 0 bridgehead atoms. The number of carbonyl (C=O) groups excluding carboxylic acids is 1. The zero-order chi connectivity index (χ0) is 18.2. The number of ketones is 1. The number of aliphatic hydroxyl groups excluding tert-OH is 1. The number of rotatable bonds is 4. The molecule has 132 valence electrons. The minimum Gasteiger partial charge on any atom is -0.508 e. The molecule has 0 aliphatic heterocycles. The average Bonchev–Trinajstić information content (AvgIpc) is 2.83. The lowest BCUT2D eigenvalue weighted by Crippen LogP contribution is -2.12. The number of Topliss-reactive ketones (excluding diaryl/α,β-unsaturated/α-hetero) is 1. The van der Waals surface area contributed by atoms with Crippen LogP contribution in [0.1, 0.15) is 27.0 Å². The predicted molar refractivity (Wildman–Crippen MR) is 87.6 cm³/mol. The van der Waals surface area contributed by atoms with E-state index in [0.29, 0.717) is 24.0 Å². The fourth-order valence-electron chi connectivity index (χ4n) is 3.06. The van der Waals surface area contributed by atoms with E-state index in [9.17, 15) is 28.2 Å². The van der Waals surface area contributed by atoms with Crippen LogP contribution in [0.2, 0.25) is 0 Å². The molecule has 3 rings (SSSR count). The van der Waals surface area contributed by atoms with E-state index in [0.717, 1.165) is 11.1 Å². The van der Waals surface area contributed by atoms with Gasteiger partial charge in [0.15, 0.2) is 5.78 Å². The molecule has 1 atom stereocenters. The highest BCUT2D eigenvalue weighted by Crippen LogP contribution is 2.37. The van der Waals surface area contributed by atoms with Crippen molar-refractivity contribution in [3.63, 3.8) is 0 Å².